The van der Waals surface area contributed by atoms with E-state index in [2.05, 4.69) is 5.32 Å². The van der Waals surface area contributed by atoms with Crippen molar-refractivity contribution in [2.45, 2.75) is 25.3 Å². The SMILES string of the molecule is Cl.O=C(CN1CCCCC1C(=O)O)Nc1ccccc1F. The molecule has 7 heteroatoms. The summed E-state index contributed by atoms with van der Waals surface area (Å²) in [5.41, 5.74) is 0.112. The monoisotopic (exact) mass is 316 g/mol. The molecule has 0 aromatic heterocycles. The van der Waals surface area contributed by atoms with E-state index in [-0.39, 0.29) is 24.6 Å². The zero-order valence-electron chi connectivity index (χ0n) is 11.4. The molecular weight excluding hydrogens is 299 g/mol. The van der Waals surface area contributed by atoms with Crippen molar-refractivity contribution in [3.05, 3.63) is 30.1 Å². The molecule has 5 nitrogen and oxygen atoms in total. The maximum absolute atomic E-state index is 13.4. The quantitative estimate of drug-likeness (QED) is 0.893. The second-order valence-corrected chi connectivity index (χ2v) is 4.85. The van der Waals surface area contributed by atoms with E-state index in [1.165, 1.54) is 18.2 Å². The first-order valence-electron chi connectivity index (χ1n) is 6.59. The lowest BCUT2D eigenvalue weighted by molar-refractivity contribution is -0.145. The summed E-state index contributed by atoms with van der Waals surface area (Å²) in [4.78, 5) is 24.6. The minimum atomic E-state index is -0.914. The Kier molecular flexibility index (Phi) is 6.58. The van der Waals surface area contributed by atoms with Crippen molar-refractivity contribution in [1.82, 2.24) is 4.90 Å². The number of piperidine rings is 1. The van der Waals surface area contributed by atoms with Gasteiger partial charge in [0.05, 0.1) is 12.2 Å². The molecule has 0 saturated carbocycles. The molecule has 1 unspecified atom stereocenters. The molecule has 21 heavy (non-hydrogen) atoms. The highest BCUT2D eigenvalue weighted by atomic mass is 35.5. The molecule has 1 atom stereocenters. The number of nitrogens with one attached hydrogen (secondary N) is 1. The van der Waals surface area contributed by atoms with Crippen LogP contribution < -0.4 is 5.32 Å². The number of carbonyl (C=O) groups excluding carboxylic acids is 1. The van der Waals surface area contributed by atoms with E-state index in [0.29, 0.717) is 13.0 Å². The summed E-state index contributed by atoms with van der Waals surface area (Å²) in [6.45, 7) is 0.535. The number of halogens is 2. The number of anilines is 1. The number of carboxylic acids is 1. The molecule has 1 saturated heterocycles. The fourth-order valence-electron chi connectivity index (χ4n) is 2.40. The second-order valence-electron chi connectivity index (χ2n) is 4.85. The fraction of sp³-hybridized carbons (Fsp3) is 0.429. The first-order valence-corrected chi connectivity index (χ1v) is 6.59. The Bertz CT molecular complexity index is 513. The van der Waals surface area contributed by atoms with Gasteiger partial charge in [0.25, 0.3) is 0 Å². The van der Waals surface area contributed by atoms with Gasteiger partial charge in [-0.1, -0.05) is 18.6 Å². The lowest BCUT2D eigenvalue weighted by Gasteiger charge is -2.32. The van der Waals surface area contributed by atoms with E-state index in [0.717, 1.165) is 12.8 Å². The predicted octanol–water partition coefficient (Wildman–Crippen LogP) is 2.13. The number of rotatable bonds is 4. The molecule has 1 fully saturated rings. The van der Waals surface area contributed by atoms with Gasteiger partial charge in [-0.15, -0.1) is 12.4 Å². The van der Waals surface area contributed by atoms with Crippen LogP contribution in [0.2, 0.25) is 0 Å². The minimum absolute atomic E-state index is 0. The van der Waals surface area contributed by atoms with Crippen LogP contribution in [-0.4, -0.2) is 41.0 Å². The third-order valence-electron chi connectivity index (χ3n) is 3.39. The minimum Gasteiger partial charge on any atom is -0.480 e. The summed E-state index contributed by atoms with van der Waals surface area (Å²) >= 11 is 0. The standard InChI is InChI=1S/C14H17FN2O3.ClH/c15-10-5-1-2-6-11(10)16-13(18)9-17-8-4-3-7-12(17)14(19)20;/h1-2,5-6,12H,3-4,7-9H2,(H,16,18)(H,19,20);1H. The Balaban J connectivity index is 0.00000220. The number of para-hydroxylation sites is 1. The van der Waals surface area contributed by atoms with Crippen molar-refractivity contribution >= 4 is 30.0 Å². The number of carbonyl (C=O) groups is 2. The van der Waals surface area contributed by atoms with Crippen molar-refractivity contribution in [2.75, 3.05) is 18.4 Å². The van der Waals surface area contributed by atoms with E-state index < -0.39 is 23.7 Å². The summed E-state index contributed by atoms with van der Waals surface area (Å²) in [6, 6.07) is 5.26. The topological polar surface area (TPSA) is 69.6 Å². The molecule has 0 spiro atoms. The Labute approximate surface area is 128 Å². The van der Waals surface area contributed by atoms with Gasteiger partial charge in [-0.3, -0.25) is 14.5 Å². The van der Waals surface area contributed by atoms with Crippen molar-refractivity contribution in [2.24, 2.45) is 0 Å². The summed E-state index contributed by atoms with van der Waals surface area (Å²) in [6.07, 6.45) is 2.27. The molecule has 2 N–H and O–H groups in total. The highest BCUT2D eigenvalue weighted by molar-refractivity contribution is 5.92. The first kappa shape index (κ1) is 17.4. The first-order chi connectivity index (χ1) is 9.58. The van der Waals surface area contributed by atoms with E-state index in [1.807, 2.05) is 0 Å². The molecule has 1 aromatic rings. The highest BCUT2D eigenvalue weighted by Crippen LogP contribution is 2.17. The van der Waals surface area contributed by atoms with Crippen LogP contribution in [0.25, 0.3) is 0 Å². The predicted molar refractivity (Wildman–Crippen MR) is 79.1 cm³/mol. The van der Waals surface area contributed by atoms with Gasteiger partial charge in [0.15, 0.2) is 0 Å². The number of hydrogen-bond donors (Lipinski definition) is 2. The summed E-state index contributed by atoms with van der Waals surface area (Å²) in [5, 5.41) is 11.6. The van der Waals surface area contributed by atoms with Crippen LogP contribution >= 0.6 is 12.4 Å². The Morgan fingerprint density at radius 3 is 2.71 bits per heavy atom. The van der Waals surface area contributed by atoms with Crippen LogP contribution in [-0.2, 0) is 9.59 Å². The average Bonchev–Trinajstić information content (AvgIpc) is 2.41. The summed E-state index contributed by atoms with van der Waals surface area (Å²) in [7, 11) is 0. The lowest BCUT2D eigenvalue weighted by atomic mass is 10.0. The van der Waals surface area contributed by atoms with Crippen LogP contribution in [0.1, 0.15) is 19.3 Å². The van der Waals surface area contributed by atoms with Crippen molar-refractivity contribution in [3.8, 4) is 0 Å². The molecule has 1 amide bonds. The van der Waals surface area contributed by atoms with Crippen molar-refractivity contribution in [1.29, 1.82) is 0 Å². The lowest BCUT2D eigenvalue weighted by Crippen LogP contribution is -2.47. The molecule has 0 bridgehead atoms. The van der Waals surface area contributed by atoms with Crippen molar-refractivity contribution in [3.63, 3.8) is 0 Å². The fourth-order valence-corrected chi connectivity index (χ4v) is 2.40. The van der Waals surface area contributed by atoms with E-state index >= 15 is 0 Å². The molecule has 0 radical (unpaired) electrons. The highest BCUT2D eigenvalue weighted by Gasteiger charge is 2.29. The van der Waals surface area contributed by atoms with Gasteiger partial charge in [-0.05, 0) is 31.5 Å². The van der Waals surface area contributed by atoms with E-state index in [1.54, 1.807) is 11.0 Å². The van der Waals surface area contributed by atoms with Gasteiger partial charge in [0.1, 0.15) is 11.9 Å². The third-order valence-corrected chi connectivity index (χ3v) is 3.39. The van der Waals surface area contributed by atoms with Crippen molar-refractivity contribution < 1.29 is 19.1 Å². The zero-order valence-corrected chi connectivity index (χ0v) is 12.2. The van der Waals surface area contributed by atoms with Crippen LogP contribution in [0.5, 0.6) is 0 Å². The Hall–Kier alpha value is -1.66. The Morgan fingerprint density at radius 1 is 1.33 bits per heavy atom. The smallest absolute Gasteiger partial charge is 0.320 e. The van der Waals surface area contributed by atoms with Crippen LogP contribution in [0.3, 0.4) is 0 Å². The molecule has 116 valence electrons. The number of hydrogen-bond acceptors (Lipinski definition) is 3. The number of aliphatic carboxylic acids is 1. The second kappa shape index (κ2) is 7.95. The molecule has 2 rings (SSSR count). The maximum atomic E-state index is 13.4. The third kappa shape index (κ3) is 4.68. The van der Waals surface area contributed by atoms with Gasteiger partial charge in [0, 0.05) is 0 Å². The normalized spacial score (nSPS) is 18.6. The van der Waals surface area contributed by atoms with E-state index in [9.17, 15) is 14.0 Å². The largest absolute Gasteiger partial charge is 0.480 e. The van der Waals surface area contributed by atoms with Crippen LogP contribution in [0.4, 0.5) is 10.1 Å². The molecular formula is C14H18ClFN2O3. The van der Waals surface area contributed by atoms with Gasteiger partial charge in [-0.2, -0.15) is 0 Å². The number of nitrogens with zero attached hydrogens (tertiary/aromatic N) is 1. The van der Waals surface area contributed by atoms with Gasteiger partial charge < -0.3 is 10.4 Å². The number of carboxylic acid groups (broad SMARTS) is 1. The number of amides is 1. The number of likely N-dealkylation sites (tertiary alicyclic amines) is 1. The van der Waals surface area contributed by atoms with Gasteiger partial charge >= 0.3 is 5.97 Å². The summed E-state index contributed by atoms with van der Waals surface area (Å²) in [5.74, 6) is -1.82. The van der Waals surface area contributed by atoms with Crippen LogP contribution in [0.15, 0.2) is 24.3 Å². The molecule has 0 aliphatic carbocycles. The molecule has 1 aromatic carbocycles. The molecule has 1 aliphatic rings. The van der Waals surface area contributed by atoms with Gasteiger partial charge in [-0.25, -0.2) is 4.39 Å². The Morgan fingerprint density at radius 2 is 2.05 bits per heavy atom. The maximum Gasteiger partial charge on any atom is 0.320 e. The van der Waals surface area contributed by atoms with E-state index in [4.69, 9.17) is 5.11 Å². The summed E-state index contributed by atoms with van der Waals surface area (Å²) < 4.78 is 13.4. The number of benzene rings is 1. The van der Waals surface area contributed by atoms with Gasteiger partial charge in [0.2, 0.25) is 5.91 Å². The average molecular weight is 317 g/mol. The molecule has 1 aliphatic heterocycles. The van der Waals surface area contributed by atoms with Crippen LogP contribution in [0, 0.1) is 5.82 Å². The molecule has 1 heterocycles. The zero-order chi connectivity index (χ0) is 14.5.